The molecule has 0 spiro atoms. The number of nitrogens with zero attached hydrogens (tertiary/aromatic N) is 1. The number of imide groups is 1. The summed E-state index contributed by atoms with van der Waals surface area (Å²) < 4.78 is 36.9. The van der Waals surface area contributed by atoms with Gasteiger partial charge in [-0.25, -0.2) is 0 Å². The van der Waals surface area contributed by atoms with Crippen LogP contribution in [0.25, 0.3) is 6.08 Å². The molecule has 1 aliphatic rings. The van der Waals surface area contributed by atoms with Crippen LogP contribution >= 0.6 is 50.9 Å². The number of ether oxygens (including phenoxy) is 1. The van der Waals surface area contributed by atoms with Crippen LogP contribution in [0.4, 0.5) is 4.79 Å². The van der Waals surface area contributed by atoms with Crippen molar-refractivity contribution in [3.05, 3.63) is 91.2 Å². The van der Waals surface area contributed by atoms with Crippen molar-refractivity contribution in [2.24, 2.45) is 0 Å². The zero-order valence-electron chi connectivity index (χ0n) is 19.1. The number of amides is 2. The van der Waals surface area contributed by atoms with E-state index in [4.69, 9.17) is 32.1 Å². The fraction of sp³-hybridized carbons (Fsp3) is 0.120. The highest BCUT2D eigenvalue weighted by molar-refractivity contribution is 9.10. The number of thioether (sulfide) groups is 1. The van der Waals surface area contributed by atoms with Crippen LogP contribution in [0.5, 0.6) is 11.5 Å². The average Bonchev–Trinajstić information content (AvgIpc) is 3.10. The van der Waals surface area contributed by atoms with E-state index in [1.165, 1.54) is 36.4 Å². The van der Waals surface area contributed by atoms with Crippen LogP contribution in [0, 0.1) is 0 Å². The lowest BCUT2D eigenvalue weighted by atomic mass is 10.1. The number of carbonyl (C=O) groups is 2. The van der Waals surface area contributed by atoms with Crippen LogP contribution in [0.3, 0.4) is 0 Å². The van der Waals surface area contributed by atoms with E-state index in [2.05, 4.69) is 15.9 Å². The van der Waals surface area contributed by atoms with Gasteiger partial charge in [0, 0.05) is 10.0 Å². The van der Waals surface area contributed by atoms with Crippen molar-refractivity contribution in [2.45, 2.75) is 18.4 Å². The Labute approximate surface area is 236 Å². The number of halogens is 3. The van der Waals surface area contributed by atoms with Crippen LogP contribution in [0.1, 0.15) is 18.1 Å². The Morgan fingerprint density at radius 3 is 2.24 bits per heavy atom. The standard InChI is InChI=1S/C25H18BrCl2NO6S2/c1-2-34-21-12-16(11-20(26)23(21)35-37(32,33)19-9-7-18(28)8-10-19)13-22-24(30)29(25(31)36-22)14-15-3-5-17(27)6-4-15/h3-13H,2,14H2,1H3/b22-13-. The molecule has 0 aromatic heterocycles. The molecule has 1 fully saturated rings. The fourth-order valence-corrected chi connectivity index (χ4v) is 6.03. The van der Waals surface area contributed by atoms with Gasteiger partial charge >= 0.3 is 10.1 Å². The SMILES string of the molecule is CCOc1cc(/C=C2\SC(=O)N(Cc3ccc(Cl)cc3)C2=O)cc(Br)c1OS(=O)(=O)c1ccc(Cl)cc1. The molecule has 0 radical (unpaired) electrons. The van der Waals surface area contributed by atoms with Gasteiger partial charge in [0.15, 0.2) is 11.5 Å². The Morgan fingerprint density at radius 1 is 1.00 bits per heavy atom. The molecule has 0 aliphatic carbocycles. The number of rotatable bonds is 8. The third-order valence-electron chi connectivity index (χ3n) is 5.05. The predicted octanol–water partition coefficient (Wildman–Crippen LogP) is 7.16. The van der Waals surface area contributed by atoms with Gasteiger partial charge in [-0.3, -0.25) is 14.5 Å². The molecule has 0 bridgehead atoms. The summed E-state index contributed by atoms with van der Waals surface area (Å²) in [6.07, 6.45) is 1.54. The lowest BCUT2D eigenvalue weighted by Crippen LogP contribution is -2.27. The Kier molecular flexibility index (Phi) is 8.55. The average molecular weight is 643 g/mol. The maximum Gasteiger partial charge on any atom is 0.339 e. The van der Waals surface area contributed by atoms with Crippen LogP contribution in [-0.2, 0) is 21.5 Å². The van der Waals surface area contributed by atoms with Gasteiger partial charge in [0.25, 0.3) is 11.1 Å². The van der Waals surface area contributed by atoms with Gasteiger partial charge < -0.3 is 8.92 Å². The third kappa shape index (κ3) is 6.50. The highest BCUT2D eigenvalue weighted by Crippen LogP contribution is 2.41. The fourth-order valence-electron chi connectivity index (χ4n) is 3.33. The molecular weight excluding hydrogens is 625 g/mol. The molecule has 0 saturated carbocycles. The molecule has 4 rings (SSSR count). The molecule has 192 valence electrons. The summed E-state index contributed by atoms with van der Waals surface area (Å²) in [6, 6.07) is 15.5. The van der Waals surface area contributed by atoms with Crippen molar-refractivity contribution in [2.75, 3.05) is 6.61 Å². The highest BCUT2D eigenvalue weighted by atomic mass is 79.9. The summed E-state index contributed by atoms with van der Waals surface area (Å²) in [5, 5.41) is 0.545. The van der Waals surface area contributed by atoms with Crippen LogP contribution in [0.15, 0.2) is 74.9 Å². The third-order valence-corrected chi connectivity index (χ3v) is 8.29. The number of hydrogen-bond donors (Lipinski definition) is 0. The molecule has 37 heavy (non-hydrogen) atoms. The van der Waals surface area contributed by atoms with E-state index in [1.54, 1.807) is 37.3 Å². The van der Waals surface area contributed by atoms with Crippen molar-refractivity contribution in [1.29, 1.82) is 0 Å². The van der Waals surface area contributed by atoms with Gasteiger partial charge in [-0.2, -0.15) is 8.42 Å². The monoisotopic (exact) mass is 641 g/mol. The first kappa shape index (κ1) is 27.5. The molecule has 0 N–H and O–H groups in total. The lowest BCUT2D eigenvalue weighted by Gasteiger charge is -2.15. The minimum atomic E-state index is -4.19. The molecule has 3 aromatic rings. The molecule has 0 atom stereocenters. The summed E-state index contributed by atoms with van der Waals surface area (Å²) in [5.41, 5.74) is 1.27. The van der Waals surface area contributed by atoms with E-state index in [-0.39, 0.29) is 38.9 Å². The Hall–Kier alpha value is -2.50. The smallest absolute Gasteiger partial charge is 0.339 e. The first-order valence-corrected chi connectivity index (χ1v) is 14.5. The maximum atomic E-state index is 13.0. The van der Waals surface area contributed by atoms with Crippen molar-refractivity contribution in [1.82, 2.24) is 4.90 Å². The topological polar surface area (TPSA) is 90.0 Å². The number of carbonyl (C=O) groups excluding carboxylic acids is 2. The normalized spacial score (nSPS) is 14.9. The minimum Gasteiger partial charge on any atom is -0.490 e. The molecular formula is C25H18BrCl2NO6S2. The van der Waals surface area contributed by atoms with Gasteiger partial charge in [-0.05, 0) is 100 Å². The van der Waals surface area contributed by atoms with E-state index in [0.717, 1.165) is 22.2 Å². The Morgan fingerprint density at radius 2 is 1.62 bits per heavy atom. The summed E-state index contributed by atoms with van der Waals surface area (Å²) in [5.74, 6) is -0.351. The van der Waals surface area contributed by atoms with E-state index in [9.17, 15) is 18.0 Å². The largest absolute Gasteiger partial charge is 0.490 e. The van der Waals surface area contributed by atoms with Gasteiger partial charge in [0.1, 0.15) is 4.90 Å². The Balaban J connectivity index is 1.61. The molecule has 1 aliphatic heterocycles. The molecule has 12 heteroatoms. The van der Waals surface area contributed by atoms with E-state index in [0.29, 0.717) is 15.6 Å². The molecule has 1 heterocycles. The minimum absolute atomic E-state index is 0.0511. The van der Waals surface area contributed by atoms with Crippen molar-refractivity contribution in [3.8, 4) is 11.5 Å². The van der Waals surface area contributed by atoms with Gasteiger partial charge in [0.05, 0.1) is 22.5 Å². The van der Waals surface area contributed by atoms with Crippen molar-refractivity contribution in [3.63, 3.8) is 0 Å². The zero-order valence-corrected chi connectivity index (χ0v) is 23.8. The second kappa shape index (κ2) is 11.5. The summed E-state index contributed by atoms with van der Waals surface area (Å²) in [4.78, 5) is 26.8. The van der Waals surface area contributed by atoms with Crippen molar-refractivity contribution < 1.29 is 26.9 Å². The number of hydrogen-bond acceptors (Lipinski definition) is 7. The van der Waals surface area contributed by atoms with E-state index < -0.39 is 21.3 Å². The second-order valence-corrected chi connectivity index (χ2v) is 11.9. The second-order valence-electron chi connectivity index (χ2n) is 7.65. The predicted molar refractivity (Wildman–Crippen MR) is 148 cm³/mol. The molecule has 7 nitrogen and oxygen atoms in total. The van der Waals surface area contributed by atoms with Crippen LogP contribution < -0.4 is 8.92 Å². The summed E-state index contributed by atoms with van der Waals surface area (Å²) >= 11 is 15.9. The first-order chi connectivity index (χ1) is 17.6. The number of benzene rings is 3. The summed E-state index contributed by atoms with van der Waals surface area (Å²) in [7, 11) is -4.19. The van der Waals surface area contributed by atoms with Crippen LogP contribution in [0.2, 0.25) is 10.0 Å². The quantitative estimate of drug-likeness (QED) is 0.190. The molecule has 3 aromatic carbocycles. The van der Waals surface area contributed by atoms with Crippen molar-refractivity contribution >= 4 is 78.2 Å². The highest BCUT2D eigenvalue weighted by Gasteiger charge is 2.35. The molecule has 0 unspecified atom stereocenters. The van der Waals surface area contributed by atoms with Crippen LogP contribution in [-0.4, -0.2) is 31.1 Å². The Bertz CT molecular complexity index is 1490. The van der Waals surface area contributed by atoms with E-state index >= 15 is 0 Å². The summed E-state index contributed by atoms with van der Waals surface area (Å²) in [6.45, 7) is 2.08. The van der Waals surface area contributed by atoms with Gasteiger partial charge in [-0.15, -0.1) is 0 Å². The van der Waals surface area contributed by atoms with Gasteiger partial charge in [0.2, 0.25) is 0 Å². The zero-order chi connectivity index (χ0) is 26.7. The molecule has 1 saturated heterocycles. The molecule has 2 amide bonds. The maximum absolute atomic E-state index is 13.0. The lowest BCUT2D eigenvalue weighted by molar-refractivity contribution is -0.123. The van der Waals surface area contributed by atoms with E-state index in [1.807, 2.05) is 0 Å². The van der Waals surface area contributed by atoms with Gasteiger partial charge in [-0.1, -0.05) is 35.3 Å². The first-order valence-electron chi connectivity index (χ1n) is 10.7.